The van der Waals surface area contributed by atoms with Gasteiger partial charge in [0.15, 0.2) is 0 Å². The Bertz CT molecular complexity index is 208. The van der Waals surface area contributed by atoms with Gasteiger partial charge in [-0.1, -0.05) is 12.8 Å². The van der Waals surface area contributed by atoms with Gasteiger partial charge < -0.3 is 15.2 Å². The summed E-state index contributed by atoms with van der Waals surface area (Å²) in [7, 11) is 1.70. The predicted molar refractivity (Wildman–Crippen MR) is 62.4 cm³/mol. The molecule has 0 bridgehead atoms. The molecule has 2 atom stereocenters. The first kappa shape index (κ1) is 13.5. The van der Waals surface area contributed by atoms with Crippen molar-refractivity contribution in [1.82, 2.24) is 5.32 Å². The molecule has 1 fully saturated rings. The molecule has 1 aliphatic rings. The van der Waals surface area contributed by atoms with Gasteiger partial charge in [0.05, 0.1) is 5.92 Å². The first-order valence-electron chi connectivity index (χ1n) is 6.18. The lowest BCUT2D eigenvalue weighted by Gasteiger charge is -2.28. The van der Waals surface area contributed by atoms with Crippen LogP contribution in [0.2, 0.25) is 0 Å². The number of hydrogen-bond acceptors (Lipinski definition) is 3. The standard InChI is InChI=1S/C12H23NO3/c1-16-8-4-7-13-9-10-5-2-3-6-11(10)12(14)15/h10-11,13H,2-9H2,1H3,(H,14,15). The van der Waals surface area contributed by atoms with Gasteiger partial charge in [-0.2, -0.15) is 0 Å². The van der Waals surface area contributed by atoms with Crippen LogP contribution in [0, 0.1) is 11.8 Å². The molecule has 0 aromatic carbocycles. The highest BCUT2D eigenvalue weighted by molar-refractivity contribution is 5.70. The Balaban J connectivity index is 2.19. The number of carboxylic acids is 1. The van der Waals surface area contributed by atoms with Crippen LogP contribution in [-0.2, 0) is 9.53 Å². The molecular formula is C12H23NO3. The fraction of sp³-hybridized carbons (Fsp3) is 0.917. The molecule has 2 N–H and O–H groups in total. The normalized spacial score (nSPS) is 25.6. The SMILES string of the molecule is COCCCNCC1CCCCC1C(=O)O. The van der Waals surface area contributed by atoms with Gasteiger partial charge in [-0.25, -0.2) is 0 Å². The Kier molecular flexibility index (Phi) is 6.42. The molecule has 4 heteroatoms. The largest absolute Gasteiger partial charge is 0.481 e. The van der Waals surface area contributed by atoms with Crippen molar-refractivity contribution < 1.29 is 14.6 Å². The van der Waals surface area contributed by atoms with Gasteiger partial charge in [0, 0.05) is 13.7 Å². The van der Waals surface area contributed by atoms with E-state index in [-0.39, 0.29) is 5.92 Å². The number of methoxy groups -OCH3 is 1. The molecule has 0 aromatic rings. The summed E-state index contributed by atoms with van der Waals surface area (Å²) < 4.78 is 4.96. The van der Waals surface area contributed by atoms with Crippen LogP contribution in [0.4, 0.5) is 0 Å². The van der Waals surface area contributed by atoms with Crippen LogP contribution in [0.5, 0.6) is 0 Å². The van der Waals surface area contributed by atoms with Crippen molar-refractivity contribution >= 4 is 5.97 Å². The minimum Gasteiger partial charge on any atom is -0.481 e. The van der Waals surface area contributed by atoms with Gasteiger partial charge in [0.2, 0.25) is 0 Å². The first-order chi connectivity index (χ1) is 7.75. The Morgan fingerprint density at radius 3 is 2.88 bits per heavy atom. The summed E-state index contributed by atoms with van der Waals surface area (Å²) in [6.07, 6.45) is 5.13. The van der Waals surface area contributed by atoms with Gasteiger partial charge in [-0.05, 0) is 38.3 Å². The van der Waals surface area contributed by atoms with Gasteiger partial charge in [0.1, 0.15) is 0 Å². The fourth-order valence-corrected chi connectivity index (χ4v) is 2.41. The molecule has 0 saturated heterocycles. The average Bonchev–Trinajstić information content (AvgIpc) is 2.29. The van der Waals surface area contributed by atoms with Crippen LogP contribution in [0.1, 0.15) is 32.1 Å². The van der Waals surface area contributed by atoms with E-state index >= 15 is 0 Å². The van der Waals surface area contributed by atoms with Crippen molar-refractivity contribution in [1.29, 1.82) is 0 Å². The first-order valence-corrected chi connectivity index (χ1v) is 6.18. The monoisotopic (exact) mass is 229 g/mol. The van der Waals surface area contributed by atoms with Crippen LogP contribution in [0.3, 0.4) is 0 Å². The van der Waals surface area contributed by atoms with Crippen molar-refractivity contribution in [2.45, 2.75) is 32.1 Å². The van der Waals surface area contributed by atoms with Crippen molar-refractivity contribution in [3.63, 3.8) is 0 Å². The molecule has 4 nitrogen and oxygen atoms in total. The summed E-state index contributed by atoms with van der Waals surface area (Å²) >= 11 is 0. The maximum absolute atomic E-state index is 11.1. The van der Waals surface area contributed by atoms with E-state index in [0.717, 1.165) is 45.4 Å². The van der Waals surface area contributed by atoms with Gasteiger partial charge in [-0.15, -0.1) is 0 Å². The molecular weight excluding hydrogens is 206 g/mol. The Labute approximate surface area is 97.4 Å². The summed E-state index contributed by atoms with van der Waals surface area (Å²) in [5.74, 6) is -0.444. The highest BCUT2D eigenvalue weighted by atomic mass is 16.5. The molecule has 16 heavy (non-hydrogen) atoms. The topological polar surface area (TPSA) is 58.6 Å². The van der Waals surface area contributed by atoms with E-state index < -0.39 is 5.97 Å². The van der Waals surface area contributed by atoms with Crippen molar-refractivity contribution in [3.05, 3.63) is 0 Å². The number of carbonyl (C=O) groups is 1. The molecule has 0 aliphatic heterocycles. The average molecular weight is 229 g/mol. The van der Waals surface area contributed by atoms with E-state index in [0.29, 0.717) is 5.92 Å². The van der Waals surface area contributed by atoms with E-state index in [4.69, 9.17) is 9.84 Å². The molecule has 0 spiro atoms. The second kappa shape index (κ2) is 7.63. The molecule has 2 unspecified atom stereocenters. The zero-order valence-corrected chi connectivity index (χ0v) is 10.1. The molecule has 0 aromatic heterocycles. The zero-order chi connectivity index (χ0) is 11.8. The zero-order valence-electron chi connectivity index (χ0n) is 10.1. The number of nitrogens with one attached hydrogen (secondary N) is 1. The van der Waals surface area contributed by atoms with Crippen molar-refractivity contribution in [2.24, 2.45) is 11.8 Å². The number of rotatable bonds is 7. The Morgan fingerprint density at radius 2 is 2.19 bits per heavy atom. The number of carboxylic acid groups (broad SMARTS) is 1. The van der Waals surface area contributed by atoms with E-state index in [1.54, 1.807) is 7.11 Å². The maximum Gasteiger partial charge on any atom is 0.306 e. The quantitative estimate of drug-likeness (QED) is 0.650. The minimum atomic E-state index is -0.622. The molecule has 1 aliphatic carbocycles. The lowest BCUT2D eigenvalue weighted by atomic mass is 9.79. The number of ether oxygens (including phenoxy) is 1. The minimum absolute atomic E-state index is 0.135. The lowest BCUT2D eigenvalue weighted by molar-refractivity contribution is -0.144. The van der Waals surface area contributed by atoms with E-state index in [2.05, 4.69) is 5.32 Å². The third kappa shape index (κ3) is 4.49. The summed E-state index contributed by atoms with van der Waals surface area (Å²) in [5.41, 5.74) is 0. The molecule has 0 heterocycles. The Hall–Kier alpha value is -0.610. The van der Waals surface area contributed by atoms with Crippen molar-refractivity contribution in [3.8, 4) is 0 Å². The van der Waals surface area contributed by atoms with Crippen molar-refractivity contribution in [2.75, 3.05) is 26.8 Å². The number of aliphatic carboxylic acids is 1. The molecule has 0 radical (unpaired) electrons. The molecule has 1 rings (SSSR count). The van der Waals surface area contributed by atoms with Crippen LogP contribution in [0.25, 0.3) is 0 Å². The third-order valence-electron chi connectivity index (χ3n) is 3.33. The molecule has 1 saturated carbocycles. The van der Waals surface area contributed by atoms with Gasteiger partial charge in [-0.3, -0.25) is 4.79 Å². The van der Waals surface area contributed by atoms with Gasteiger partial charge in [0.25, 0.3) is 0 Å². The van der Waals surface area contributed by atoms with Crippen LogP contribution < -0.4 is 5.32 Å². The van der Waals surface area contributed by atoms with E-state index in [9.17, 15) is 4.79 Å². The van der Waals surface area contributed by atoms with Crippen LogP contribution in [0.15, 0.2) is 0 Å². The summed E-state index contributed by atoms with van der Waals surface area (Å²) in [4.78, 5) is 11.1. The van der Waals surface area contributed by atoms with Crippen LogP contribution >= 0.6 is 0 Å². The van der Waals surface area contributed by atoms with Gasteiger partial charge >= 0.3 is 5.97 Å². The molecule has 0 amide bonds. The third-order valence-corrected chi connectivity index (χ3v) is 3.33. The highest BCUT2D eigenvalue weighted by Gasteiger charge is 2.30. The second-order valence-electron chi connectivity index (χ2n) is 4.54. The smallest absolute Gasteiger partial charge is 0.306 e. The predicted octanol–water partition coefficient (Wildman–Crippen LogP) is 1.50. The number of hydrogen-bond donors (Lipinski definition) is 2. The highest BCUT2D eigenvalue weighted by Crippen LogP contribution is 2.29. The second-order valence-corrected chi connectivity index (χ2v) is 4.54. The van der Waals surface area contributed by atoms with E-state index in [1.807, 2.05) is 0 Å². The summed E-state index contributed by atoms with van der Waals surface area (Å²) in [6.45, 7) is 2.51. The Morgan fingerprint density at radius 1 is 1.44 bits per heavy atom. The maximum atomic E-state index is 11.1. The molecule has 94 valence electrons. The fourth-order valence-electron chi connectivity index (χ4n) is 2.41. The summed E-state index contributed by atoms with van der Waals surface area (Å²) in [5, 5.41) is 12.4. The van der Waals surface area contributed by atoms with Crippen LogP contribution in [-0.4, -0.2) is 37.9 Å². The van der Waals surface area contributed by atoms with E-state index in [1.165, 1.54) is 6.42 Å². The summed E-state index contributed by atoms with van der Waals surface area (Å²) in [6, 6.07) is 0. The lowest BCUT2D eigenvalue weighted by Crippen LogP contribution is -2.35.